The van der Waals surface area contributed by atoms with Gasteiger partial charge in [-0.05, 0) is 6.07 Å². The minimum Gasteiger partial charge on any atom is -0.493 e. The summed E-state index contributed by atoms with van der Waals surface area (Å²) < 4.78 is 20.7. The number of ether oxygens (including phenoxy) is 4. The molecule has 2 heterocycles. The number of aromatic nitrogens is 3. The van der Waals surface area contributed by atoms with E-state index < -0.39 is 18.5 Å². The molecule has 11 heteroatoms. The predicted octanol–water partition coefficient (Wildman–Crippen LogP) is 2.42. The molecule has 1 amide bonds. The first-order chi connectivity index (χ1) is 14.5. The number of carbonyl (C=O) groups is 2. The molecule has 0 unspecified atom stereocenters. The molecule has 0 spiro atoms. The van der Waals surface area contributed by atoms with Gasteiger partial charge in [0.25, 0.3) is 5.91 Å². The van der Waals surface area contributed by atoms with Crippen LogP contribution in [0.3, 0.4) is 0 Å². The number of hydrogen-bond donors (Lipinski definition) is 1. The fourth-order valence-corrected chi connectivity index (χ4v) is 3.17. The second-order valence-corrected chi connectivity index (χ2v) is 6.51. The molecule has 0 saturated carbocycles. The Morgan fingerprint density at radius 2 is 1.70 bits per heavy atom. The molecular formula is C19H18N4O6S. The standard InChI is InChI=1S/C19H18N4O6S/c1-26-13-7-11(8-14(27-2)16(13)28-3)22-15(24)9-29-19(25)12-10-30-18(23-12)17-20-5-4-6-21-17/h4-8,10H,9H2,1-3H3,(H,22,24). The van der Waals surface area contributed by atoms with Crippen molar-refractivity contribution in [2.24, 2.45) is 0 Å². The number of benzene rings is 1. The molecule has 3 rings (SSSR count). The first kappa shape index (κ1) is 21.0. The fraction of sp³-hybridized carbons (Fsp3) is 0.211. The van der Waals surface area contributed by atoms with E-state index >= 15 is 0 Å². The first-order valence-electron chi connectivity index (χ1n) is 8.55. The van der Waals surface area contributed by atoms with Crippen molar-refractivity contribution in [3.63, 3.8) is 0 Å². The lowest BCUT2D eigenvalue weighted by Crippen LogP contribution is -2.21. The van der Waals surface area contributed by atoms with Crippen molar-refractivity contribution < 1.29 is 28.5 Å². The van der Waals surface area contributed by atoms with Crippen LogP contribution < -0.4 is 19.5 Å². The second kappa shape index (κ2) is 9.65. The monoisotopic (exact) mass is 430 g/mol. The maximum absolute atomic E-state index is 12.2. The van der Waals surface area contributed by atoms with E-state index in [1.54, 1.807) is 30.6 Å². The smallest absolute Gasteiger partial charge is 0.358 e. The second-order valence-electron chi connectivity index (χ2n) is 5.65. The molecule has 0 radical (unpaired) electrons. The largest absolute Gasteiger partial charge is 0.493 e. The average molecular weight is 430 g/mol. The first-order valence-corrected chi connectivity index (χ1v) is 9.43. The number of methoxy groups -OCH3 is 3. The van der Waals surface area contributed by atoms with E-state index in [1.807, 2.05) is 0 Å². The maximum atomic E-state index is 12.2. The number of thiazole rings is 1. The van der Waals surface area contributed by atoms with E-state index in [4.69, 9.17) is 18.9 Å². The molecule has 30 heavy (non-hydrogen) atoms. The van der Waals surface area contributed by atoms with Gasteiger partial charge < -0.3 is 24.3 Å². The number of hydrogen-bond acceptors (Lipinski definition) is 10. The van der Waals surface area contributed by atoms with Crippen LogP contribution in [0.4, 0.5) is 5.69 Å². The lowest BCUT2D eigenvalue weighted by atomic mass is 10.2. The quantitative estimate of drug-likeness (QED) is 0.537. The van der Waals surface area contributed by atoms with Crippen LogP contribution in [0, 0.1) is 0 Å². The third-order valence-corrected chi connectivity index (χ3v) is 4.59. The summed E-state index contributed by atoms with van der Waals surface area (Å²) in [6.07, 6.45) is 3.16. The van der Waals surface area contributed by atoms with Gasteiger partial charge in [0.2, 0.25) is 5.75 Å². The van der Waals surface area contributed by atoms with E-state index in [0.717, 1.165) is 0 Å². The normalized spacial score (nSPS) is 10.2. The summed E-state index contributed by atoms with van der Waals surface area (Å²) in [6, 6.07) is 4.81. The highest BCUT2D eigenvalue weighted by Gasteiger charge is 2.17. The number of esters is 1. The zero-order valence-corrected chi connectivity index (χ0v) is 17.2. The number of anilines is 1. The Morgan fingerprint density at radius 1 is 1.03 bits per heavy atom. The summed E-state index contributed by atoms with van der Waals surface area (Å²) in [5.74, 6) is 0.283. The van der Waals surface area contributed by atoms with Crippen LogP contribution >= 0.6 is 11.3 Å². The number of rotatable bonds is 8. The lowest BCUT2D eigenvalue weighted by molar-refractivity contribution is -0.119. The van der Waals surface area contributed by atoms with Gasteiger partial charge in [0, 0.05) is 35.6 Å². The molecule has 0 aliphatic rings. The van der Waals surface area contributed by atoms with Crippen molar-refractivity contribution in [3.8, 4) is 28.1 Å². The predicted molar refractivity (Wildman–Crippen MR) is 108 cm³/mol. The highest BCUT2D eigenvalue weighted by molar-refractivity contribution is 7.13. The van der Waals surface area contributed by atoms with Gasteiger partial charge in [-0.15, -0.1) is 11.3 Å². The number of carbonyl (C=O) groups excluding carboxylic acids is 2. The molecular weight excluding hydrogens is 412 g/mol. The van der Waals surface area contributed by atoms with Crippen LogP contribution in [0.15, 0.2) is 36.0 Å². The molecule has 0 aliphatic carbocycles. The third kappa shape index (κ3) is 4.81. The van der Waals surface area contributed by atoms with Gasteiger partial charge in [0.05, 0.1) is 21.3 Å². The van der Waals surface area contributed by atoms with Gasteiger partial charge in [-0.1, -0.05) is 0 Å². The van der Waals surface area contributed by atoms with Gasteiger partial charge in [-0.2, -0.15) is 0 Å². The lowest BCUT2D eigenvalue weighted by Gasteiger charge is -2.14. The van der Waals surface area contributed by atoms with Crippen LogP contribution in [0.5, 0.6) is 17.2 Å². The van der Waals surface area contributed by atoms with Crippen molar-refractivity contribution in [1.82, 2.24) is 15.0 Å². The Hall–Kier alpha value is -3.73. The zero-order chi connectivity index (χ0) is 21.5. The number of nitrogens with zero attached hydrogens (tertiary/aromatic N) is 3. The Kier molecular flexibility index (Phi) is 6.75. The van der Waals surface area contributed by atoms with Gasteiger partial charge in [0.15, 0.2) is 34.6 Å². The van der Waals surface area contributed by atoms with Crippen LogP contribution in [-0.2, 0) is 9.53 Å². The summed E-state index contributed by atoms with van der Waals surface area (Å²) in [4.78, 5) is 36.7. The van der Waals surface area contributed by atoms with E-state index in [2.05, 4.69) is 20.3 Å². The van der Waals surface area contributed by atoms with Crippen LogP contribution in [0.1, 0.15) is 10.5 Å². The van der Waals surface area contributed by atoms with E-state index in [9.17, 15) is 9.59 Å². The van der Waals surface area contributed by atoms with Crippen molar-refractivity contribution >= 4 is 28.9 Å². The highest BCUT2D eigenvalue weighted by Crippen LogP contribution is 2.39. The van der Waals surface area contributed by atoms with Crippen LogP contribution in [0.2, 0.25) is 0 Å². The third-order valence-electron chi connectivity index (χ3n) is 3.75. The van der Waals surface area contributed by atoms with Gasteiger partial charge in [0.1, 0.15) is 0 Å². The number of nitrogens with one attached hydrogen (secondary N) is 1. The van der Waals surface area contributed by atoms with E-state index in [-0.39, 0.29) is 5.69 Å². The van der Waals surface area contributed by atoms with E-state index in [0.29, 0.717) is 33.8 Å². The SMILES string of the molecule is COc1cc(NC(=O)COC(=O)c2csc(-c3ncccn3)n2)cc(OC)c1OC. The fourth-order valence-electron chi connectivity index (χ4n) is 2.44. The molecule has 0 saturated heterocycles. The minimum atomic E-state index is -0.728. The van der Waals surface area contributed by atoms with Crippen molar-refractivity contribution in [2.45, 2.75) is 0 Å². The van der Waals surface area contributed by atoms with E-state index in [1.165, 1.54) is 38.0 Å². The van der Waals surface area contributed by atoms with Crippen molar-refractivity contribution in [3.05, 3.63) is 41.7 Å². The maximum Gasteiger partial charge on any atom is 0.358 e. The topological polar surface area (TPSA) is 122 Å². The summed E-state index contributed by atoms with van der Waals surface area (Å²) >= 11 is 1.20. The summed E-state index contributed by atoms with van der Waals surface area (Å²) in [6.45, 7) is -0.496. The van der Waals surface area contributed by atoms with Gasteiger partial charge in [-0.25, -0.2) is 19.7 Å². The molecule has 156 valence electrons. The summed E-state index contributed by atoms with van der Waals surface area (Å²) in [5, 5.41) is 4.61. The Morgan fingerprint density at radius 3 is 2.30 bits per heavy atom. The molecule has 0 atom stereocenters. The van der Waals surface area contributed by atoms with Crippen LogP contribution in [0.25, 0.3) is 10.8 Å². The highest BCUT2D eigenvalue weighted by atomic mass is 32.1. The molecule has 0 bridgehead atoms. The molecule has 0 aliphatic heterocycles. The average Bonchev–Trinajstić information content (AvgIpc) is 3.27. The van der Waals surface area contributed by atoms with Crippen molar-refractivity contribution in [1.29, 1.82) is 0 Å². The zero-order valence-electron chi connectivity index (χ0n) is 16.4. The van der Waals surface area contributed by atoms with Crippen molar-refractivity contribution in [2.75, 3.05) is 33.3 Å². The molecule has 3 aromatic rings. The molecule has 1 aromatic carbocycles. The van der Waals surface area contributed by atoms with Gasteiger partial charge >= 0.3 is 5.97 Å². The minimum absolute atomic E-state index is 0.0723. The Balaban J connectivity index is 1.61. The molecule has 10 nitrogen and oxygen atoms in total. The number of amides is 1. The van der Waals surface area contributed by atoms with Crippen LogP contribution in [-0.4, -0.2) is 54.8 Å². The Labute approximate surface area is 175 Å². The molecule has 1 N–H and O–H groups in total. The summed E-state index contributed by atoms with van der Waals surface area (Å²) in [5.41, 5.74) is 0.464. The molecule has 0 fully saturated rings. The van der Waals surface area contributed by atoms with Gasteiger partial charge in [-0.3, -0.25) is 4.79 Å². The Bertz CT molecular complexity index is 1020. The summed E-state index contributed by atoms with van der Waals surface area (Å²) in [7, 11) is 4.41. The molecule has 2 aromatic heterocycles.